The molecule has 35 heavy (non-hydrogen) atoms. The summed E-state index contributed by atoms with van der Waals surface area (Å²) in [5.41, 5.74) is 1.98. The molecule has 10 heteroatoms. The number of primary sulfonamides is 1. The molecule has 3 N–H and O–H groups in total. The maximum Gasteiger partial charge on any atom is 0.258 e. The summed E-state index contributed by atoms with van der Waals surface area (Å²) in [7, 11) is -3.91. The van der Waals surface area contributed by atoms with Crippen LogP contribution in [0.15, 0.2) is 90.1 Å². The van der Waals surface area contributed by atoms with E-state index in [1.165, 1.54) is 18.5 Å². The predicted molar refractivity (Wildman–Crippen MR) is 133 cm³/mol. The van der Waals surface area contributed by atoms with Crippen molar-refractivity contribution in [2.75, 3.05) is 5.32 Å². The summed E-state index contributed by atoms with van der Waals surface area (Å²) in [6.45, 7) is 0. The van der Waals surface area contributed by atoms with Crippen molar-refractivity contribution in [3.8, 4) is 11.1 Å². The Balaban J connectivity index is 1.53. The summed E-state index contributed by atoms with van der Waals surface area (Å²) >= 11 is 5.82. The first kappa shape index (κ1) is 24.2. The van der Waals surface area contributed by atoms with Crippen LogP contribution in [-0.2, 0) is 16.4 Å². The van der Waals surface area contributed by atoms with E-state index in [1.54, 1.807) is 66.7 Å². The SMILES string of the molecule is NS(=O)(=O)c1ccccc1-c1ccc(C(=O)Cc2ncccc2C(=O)Nc2ccc(Cl)cn2)cc1. The van der Waals surface area contributed by atoms with Crippen LogP contribution in [0.25, 0.3) is 11.1 Å². The zero-order valence-electron chi connectivity index (χ0n) is 18.2. The number of ketones is 1. The first-order chi connectivity index (χ1) is 16.7. The number of rotatable bonds is 7. The van der Waals surface area contributed by atoms with Crippen LogP contribution in [0.1, 0.15) is 26.4 Å². The second kappa shape index (κ2) is 10.1. The van der Waals surface area contributed by atoms with Crippen LogP contribution in [0.5, 0.6) is 0 Å². The van der Waals surface area contributed by atoms with Crippen LogP contribution >= 0.6 is 11.6 Å². The number of aromatic nitrogens is 2. The molecule has 0 radical (unpaired) electrons. The molecule has 0 aliphatic heterocycles. The third-order valence-electron chi connectivity index (χ3n) is 5.14. The van der Waals surface area contributed by atoms with Gasteiger partial charge < -0.3 is 5.32 Å². The maximum atomic E-state index is 12.9. The van der Waals surface area contributed by atoms with Crippen LogP contribution in [0, 0.1) is 0 Å². The Bertz CT molecular complexity index is 1510. The van der Waals surface area contributed by atoms with Gasteiger partial charge in [-0.1, -0.05) is 54.1 Å². The number of anilines is 1. The Morgan fingerprint density at radius 2 is 1.66 bits per heavy atom. The molecule has 1 amide bonds. The molecule has 0 saturated heterocycles. The van der Waals surface area contributed by atoms with Gasteiger partial charge in [0.15, 0.2) is 5.78 Å². The predicted octanol–water partition coefficient (Wildman–Crippen LogP) is 4.12. The highest BCUT2D eigenvalue weighted by Gasteiger charge is 2.18. The molecule has 0 unspecified atom stereocenters. The fourth-order valence-corrected chi connectivity index (χ4v) is 4.33. The first-order valence-corrected chi connectivity index (χ1v) is 12.3. The van der Waals surface area contributed by atoms with Crippen molar-refractivity contribution in [1.82, 2.24) is 9.97 Å². The van der Waals surface area contributed by atoms with E-state index in [-0.39, 0.29) is 22.7 Å². The van der Waals surface area contributed by atoms with Crippen molar-refractivity contribution in [2.24, 2.45) is 5.14 Å². The molecule has 0 atom stereocenters. The highest BCUT2D eigenvalue weighted by atomic mass is 35.5. The van der Waals surface area contributed by atoms with E-state index < -0.39 is 15.9 Å². The molecule has 4 rings (SSSR count). The molecule has 0 spiro atoms. The lowest BCUT2D eigenvalue weighted by atomic mass is 9.99. The minimum Gasteiger partial charge on any atom is -0.307 e. The summed E-state index contributed by atoms with van der Waals surface area (Å²) in [6, 6.07) is 19.2. The molecule has 0 bridgehead atoms. The number of hydrogen-bond acceptors (Lipinski definition) is 6. The Morgan fingerprint density at radius 3 is 2.34 bits per heavy atom. The number of benzene rings is 2. The maximum absolute atomic E-state index is 12.9. The normalized spacial score (nSPS) is 11.1. The van der Waals surface area contributed by atoms with E-state index in [2.05, 4.69) is 15.3 Å². The summed E-state index contributed by atoms with van der Waals surface area (Å²) < 4.78 is 23.8. The van der Waals surface area contributed by atoms with Gasteiger partial charge in [-0.25, -0.2) is 18.5 Å². The Hall–Kier alpha value is -3.92. The number of pyridine rings is 2. The number of halogens is 1. The van der Waals surface area contributed by atoms with Gasteiger partial charge in [-0.15, -0.1) is 0 Å². The third-order valence-corrected chi connectivity index (χ3v) is 6.34. The number of sulfonamides is 1. The molecule has 0 aliphatic rings. The molecule has 0 fully saturated rings. The van der Waals surface area contributed by atoms with E-state index in [4.69, 9.17) is 16.7 Å². The number of nitrogens with one attached hydrogen (secondary N) is 1. The molecule has 2 heterocycles. The van der Waals surface area contributed by atoms with Crippen LogP contribution in [-0.4, -0.2) is 30.1 Å². The highest BCUT2D eigenvalue weighted by Crippen LogP contribution is 2.27. The number of hydrogen-bond donors (Lipinski definition) is 2. The van der Waals surface area contributed by atoms with Crippen LogP contribution in [0.2, 0.25) is 5.02 Å². The van der Waals surface area contributed by atoms with Gasteiger partial charge in [0.05, 0.1) is 27.6 Å². The molecular formula is C25H19ClN4O4S. The molecule has 4 aromatic rings. The topological polar surface area (TPSA) is 132 Å². The van der Waals surface area contributed by atoms with Gasteiger partial charge in [-0.05, 0) is 35.9 Å². The standard InChI is InChI=1S/C25H19ClN4O4S/c26-18-11-12-24(29-15-18)30-25(32)20-5-3-13-28-21(20)14-22(31)17-9-7-16(8-10-17)19-4-1-2-6-23(19)35(27,33)34/h1-13,15H,14H2,(H2,27,33,34)(H,29,30,32). The number of carbonyl (C=O) groups excluding carboxylic acids is 2. The van der Waals surface area contributed by atoms with Crippen LogP contribution < -0.4 is 10.5 Å². The van der Waals surface area contributed by atoms with Gasteiger partial charge in [-0.2, -0.15) is 0 Å². The summed E-state index contributed by atoms with van der Waals surface area (Å²) in [6.07, 6.45) is 2.81. The Kier molecular flexibility index (Phi) is 7.02. The van der Waals surface area contributed by atoms with E-state index >= 15 is 0 Å². The lowest BCUT2D eigenvalue weighted by Crippen LogP contribution is -2.17. The molecule has 0 aliphatic carbocycles. The second-order valence-corrected chi connectivity index (χ2v) is 9.50. The smallest absolute Gasteiger partial charge is 0.258 e. The van der Waals surface area contributed by atoms with Crippen molar-refractivity contribution in [2.45, 2.75) is 11.3 Å². The van der Waals surface area contributed by atoms with Crippen LogP contribution in [0.3, 0.4) is 0 Å². The lowest BCUT2D eigenvalue weighted by Gasteiger charge is -2.10. The fourth-order valence-electron chi connectivity index (χ4n) is 3.46. The van der Waals surface area contributed by atoms with Gasteiger partial charge in [0.25, 0.3) is 5.91 Å². The van der Waals surface area contributed by atoms with E-state index in [0.717, 1.165) is 0 Å². The van der Waals surface area contributed by atoms with Gasteiger partial charge >= 0.3 is 0 Å². The van der Waals surface area contributed by atoms with Gasteiger partial charge in [0.2, 0.25) is 10.0 Å². The molecule has 0 saturated carbocycles. The zero-order chi connectivity index (χ0) is 25.0. The molecule has 2 aromatic heterocycles. The van der Waals surface area contributed by atoms with Crippen molar-refractivity contribution in [1.29, 1.82) is 0 Å². The second-order valence-electron chi connectivity index (χ2n) is 7.53. The van der Waals surface area contributed by atoms with E-state index in [1.807, 2.05) is 0 Å². The lowest BCUT2D eigenvalue weighted by molar-refractivity contribution is 0.0991. The fraction of sp³-hybridized carbons (Fsp3) is 0.0400. The minimum atomic E-state index is -3.91. The Morgan fingerprint density at radius 1 is 0.914 bits per heavy atom. The number of carbonyl (C=O) groups is 2. The quantitative estimate of drug-likeness (QED) is 0.362. The highest BCUT2D eigenvalue weighted by molar-refractivity contribution is 7.89. The number of amides is 1. The summed E-state index contributed by atoms with van der Waals surface area (Å²) in [4.78, 5) is 34.0. The van der Waals surface area contributed by atoms with Crippen LogP contribution in [0.4, 0.5) is 5.82 Å². The van der Waals surface area contributed by atoms with E-state index in [0.29, 0.717) is 33.2 Å². The molecule has 2 aromatic carbocycles. The van der Waals surface area contributed by atoms with Gasteiger partial charge in [0.1, 0.15) is 5.82 Å². The molecule has 176 valence electrons. The average molecular weight is 507 g/mol. The Labute approximate surface area is 206 Å². The van der Waals surface area contributed by atoms with E-state index in [9.17, 15) is 18.0 Å². The van der Waals surface area contributed by atoms with Gasteiger partial charge in [0, 0.05) is 23.5 Å². The van der Waals surface area contributed by atoms with Crippen molar-refractivity contribution >= 4 is 39.1 Å². The largest absolute Gasteiger partial charge is 0.307 e. The minimum absolute atomic E-state index is 0.00149. The number of Topliss-reactive ketones (excluding diaryl/α,β-unsaturated/α-hetero) is 1. The van der Waals surface area contributed by atoms with Crippen molar-refractivity contribution in [3.05, 3.63) is 107 Å². The monoisotopic (exact) mass is 506 g/mol. The molecule has 8 nitrogen and oxygen atoms in total. The molecular weight excluding hydrogens is 488 g/mol. The zero-order valence-corrected chi connectivity index (χ0v) is 19.8. The summed E-state index contributed by atoms with van der Waals surface area (Å²) in [5.74, 6) is -0.393. The van der Waals surface area contributed by atoms with Crippen molar-refractivity contribution in [3.63, 3.8) is 0 Å². The average Bonchev–Trinajstić information content (AvgIpc) is 2.85. The summed E-state index contributed by atoms with van der Waals surface area (Å²) in [5, 5.41) is 8.42. The third kappa shape index (κ3) is 5.78. The number of nitrogens with zero attached hydrogens (tertiary/aromatic N) is 2. The number of nitrogens with two attached hydrogens (primary N) is 1. The first-order valence-electron chi connectivity index (χ1n) is 10.3. The van der Waals surface area contributed by atoms with Gasteiger partial charge in [-0.3, -0.25) is 14.6 Å². The van der Waals surface area contributed by atoms with Crippen molar-refractivity contribution < 1.29 is 18.0 Å².